The van der Waals surface area contributed by atoms with Gasteiger partial charge in [-0.15, -0.1) is 15.0 Å². The van der Waals surface area contributed by atoms with Crippen molar-refractivity contribution < 1.29 is 9.84 Å². The molecule has 0 atom stereocenters. The fraction of sp³-hybridized carbons (Fsp3) is 0.370. The van der Waals surface area contributed by atoms with E-state index in [1.165, 1.54) is 4.80 Å². The first-order chi connectivity index (χ1) is 17.7. The second-order valence-corrected chi connectivity index (χ2v) is 10.5. The molecule has 2 aromatic heterocycles. The van der Waals surface area contributed by atoms with Crippen LogP contribution in [0.1, 0.15) is 47.0 Å². The van der Waals surface area contributed by atoms with Crippen molar-refractivity contribution in [3.63, 3.8) is 0 Å². The monoisotopic (exact) mass is 500 g/mol. The lowest BCUT2D eigenvalue weighted by molar-refractivity contribution is 0.238. The van der Waals surface area contributed by atoms with Gasteiger partial charge in [0.15, 0.2) is 0 Å². The highest BCUT2D eigenvalue weighted by Crippen LogP contribution is 2.41. The van der Waals surface area contributed by atoms with Crippen LogP contribution in [0.3, 0.4) is 0 Å². The minimum Gasteiger partial charge on any atom is -0.506 e. The molecule has 3 heterocycles. The highest BCUT2D eigenvalue weighted by atomic mass is 16.5. The van der Waals surface area contributed by atoms with Gasteiger partial charge in [0, 0.05) is 16.8 Å². The summed E-state index contributed by atoms with van der Waals surface area (Å²) in [6, 6.07) is 12.8. The molecule has 10 heteroatoms. The van der Waals surface area contributed by atoms with E-state index < -0.39 is 0 Å². The predicted octanol–water partition coefficient (Wildman–Crippen LogP) is 5.17. The number of nitrogens with one attached hydrogen (secondary N) is 1. The number of piperidine rings is 1. The van der Waals surface area contributed by atoms with Crippen molar-refractivity contribution in [1.29, 1.82) is 0 Å². The van der Waals surface area contributed by atoms with E-state index in [9.17, 15) is 5.11 Å². The number of fused-ring (bicyclic) bond motifs is 1. The molecule has 2 N–H and O–H groups in total. The largest absolute Gasteiger partial charge is 0.506 e. The zero-order valence-corrected chi connectivity index (χ0v) is 21.6. The van der Waals surface area contributed by atoms with Gasteiger partial charge in [0.2, 0.25) is 11.9 Å². The fourth-order valence-corrected chi connectivity index (χ4v) is 5.10. The lowest BCUT2D eigenvalue weighted by Crippen LogP contribution is -2.59. The van der Waals surface area contributed by atoms with Gasteiger partial charge in [-0.3, -0.25) is 0 Å². The lowest BCUT2D eigenvalue weighted by Gasteiger charge is -2.52. The van der Waals surface area contributed by atoms with Crippen LogP contribution in [-0.2, 0) is 0 Å². The van der Waals surface area contributed by atoms with E-state index in [4.69, 9.17) is 9.72 Å². The third-order valence-corrected chi connectivity index (χ3v) is 6.65. The minimum atomic E-state index is -0.128. The number of nitrogens with zero attached hydrogens (tertiary/aromatic N) is 7. The van der Waals surface area contributed by atoms with Gasteiger partial charge in [0.05, 0.1) is 0 Å². The first kappa shape index (κ1) is 24.5. The summed E-state index contributed by atoms with van der Waals surface area (Å²) in [5.41, 5.74) is 2.33. The molecule has 2 aromatic carbocycles. The van der Waals surface area contributed by atoms with E-state index in [0.717, 1.165) is 24.9 Å². The summed E-state index contributed by atoms with van der Waals surface area (Å²) in [6.45, 7) is 12.9. The van der Waals surface area contributed by atoms with Gasteiger partial charge in [-0.25, -0.2) is 0 Å². The number of ether oxygens (including phenoxy) is 1. The molecule has 0 bridgehead atoms. The number of phenolic OH excluding ortho intramolecular Hbond substituents is 1. The van der Waals surface area contributed by atoms with Gasteiger partial charge in [0.25, 0.3) is 0 Å². The minimum absolute atomic E-state index is 0.106. The molecule has 1 aliphatic heterocycles. The number of benzene rings is 2. The maximum Gasteiger partial charge on any atom is 0.323 e. The summed E-state index contributed by atoms with van der Waals surface area (Å²) in [4.78, 5) is 17.7. The lowest BCUT2D eigenvalue weighted by atomic mass is 9.80. The van der Waals surface area contributed by atoms with Crippen LogP contribution in [0.15, 0.2) is 55.1 Å². The molecule has 0 aliphatic carbocycles. The number of hydrogen-bond acceptors (Lipinski definition) is 9. The van der Waals surface area contributed by atoms with Crippen LogP contribution in [0.25, 0.3) is 16.7 Å². The Labute approximate surface area is 216 Å². The zero-order chi connectivity index (χ0) is 26.2. The van der Waals surface area contributed by atoms with Crippen molar-refractivity contribution in [3.05, 3.63) is 55.1 Å². The maximum atomic E-state index is 10.2. The van der Waals surface area contributed by atoms with Crippen LogP contribution in [0.4, 0.5) is 17.6 Å². The molecule has 0 amide bonds. The Hall–Kier alpha value is -4.21. The first-order valence-corrected chi connectivity index (χ1v) is 12.4. The van der Waals surface area contributed by atoms with Crippen molar-refractivity contribution in [2.45, 2.75) is 58.0 Å². The highest BCUT2D eigenvalue weighted by Gasteiger charge is 2.43. The third-order valence-electron chi connectivity index (χ3n) is 6.65. The quantitative estimate of drug-likeness (QED) is 0.332. The number of rotatable bonds is 7. The number of aromatic nitrogens is 6. The topological polar surface area (TPSA) is 114 Å². The summed E-state index contributed by atoms with van der Waals surface area (Å²) in [5.74, 6) is 1.04. The molecule has 1 saturated heterocycles. The summed E-state index contributed by atoms with van der Waals surface area (Å²) >= 11 is 0. The molecular formula is C27H32N8O2. The van der Waals surface area contributed by atoms with Gasteiger partial charge in [-0.05, 0) is 77.3 Å². The first-order valence-electron chi connectivity index (χ1n) is 12.4. The average Bonchev–Trinajstić information content (AvgIpc) is 3.25. The Morgan fingerprint density at radius 3 is 2.46 bits per heavy atom. The van der Waals surface area contributed by atoms with Crippen molar-refractivity contribution in [3.8, 4) is 17.4 Å². The number of anilines is 3. The maximum absolute atomic E-state index is 10.2. The molecule has 1 fully saturated rings. The molecule has 5 rings (SSSR count). The standard InChI is InChI=1S/C27H32N8O2/c1-6-16-37-25-30-23(29-24(31-25)34-26(2,3)14-9-15-27(34,4)5)28-18-12-13-19-20(17-18)33-35(32-19)21-10-7-8-11-22(21)36/h6-8,10-13,17,36H,1,9,14-16H2,2-5H3,(H,28,29,30,31). The summed E-state index contributed by atoms with van der Waals surface area (Å²) in [6.07, 6.45) is 4.88. The van der Waals surface area contributed by atoms with Crippen LogP contribution in [-0.4, -0.2) is 52.7 Å². The molecule has 0 radical (unpaired) electrons. The van der Waals surface area contributed by atoms with Crippen LogP contribution < -0.4 is 15.0 Å². The van der Waals surface area contributed by atoms with Gasteiger partial charge >= 0.3 is 6.01 Å². The van der Waals surface area contributed by atoms with Gasteiger partial charge in [-0.1, -0.05) is 24.8 Å². The van der Waals surface area contributed by atoms with Crippen molar-refractivity contribution >= 4 is 28.6 Å². The SMILES string of the molecule is C=CCOc1nc(Nc2ccc3nn(-c4ccccc4O)nc3c2)nc(N2C(C)(C)CCCC2(C)C)n1. The zero-order valence-electron chi connectivity index (χ0n) is 21.6. The summed E-state index contributed by atoms with van der Waals surface area (Å²) in [5, 5.41) is 22.5. The summed E-state index contributed by atoms with van der Waals surface area (Å²) in [7, 11) is 0. The van der Waals surface area contributed by atoms with E-state index in [0.29, 0.717) is 28.6 Å². The second kappa shape index (κ2) is 9.34. The van der Waals surface area contributed by atoms with E-state index in [1.807, 2.05) is 24.3 Å². The van der Waals surface area contributed by atoms with Gasteiger partial charge < -0.3 is 20.1 Å². The Morgan fingerprint density at radius 1 is 1.00 bits per heavy atom. The molecule has 0 unspecified atom stereocenters. The van der Waals surface area contributed by atoms with E-state index in [2.05, 4.69) is 64.7 Å². The number of hydrogen-bond donors (Lipinski definition) is 2. The molecule has 10 nitrogen and oxygen atoms in total. The van der Waals surface area contributed by atoms with Crippen molar-refractivity contribution in [1.82, 2.24) is 29.9 Å². The number of phenols is 1. The molecule has 0 saturated carbocycles. The van der Waals surface area contributed by atoms with E-state index in [1.54, 1.807) is 24.3 Å². The number of para-hydroxylation sites is 2. The average molecular weight is 501 g/mol. The van der Waals surface area contributed by atoms with Crippen molar-refractivity contribution in [2.75, 3.05) is 16.8 Å². The fourth-order valence-electron chi connectivity index (χ4n) is 5.10. The molecular weight excluding hydrogens is 468 g/mol. The van der Waals surface area contributed by atoms with Crippen LogP contribution in [0, 0.1) is 0 Å². The Morgan fingerprint density at radius 2 is 1.73 bits per heavy atom. The van der Waals surface area contributed by atoms with Gasteiger partial charge in [0.1, 0.15) is 29.1 Å². The Kier molecular flexibility index (Phi) is 6.18. The summed E-state index contributed by atoms with van der Waals surface area (Å²) < 4.78 is 5.74. The van der Waals surface area contributed by atoms with Crippen LogP contribution >= 0.6 is 0 Å². The van der Waals surface area contributed by atoms with Gasteiger partial charge in [-0.2, -0.15) is 15.0 Å². The molecule has 192 valence electrons. The Bertz CT molecular complexity index is 1430. The highest BCUT2D eigenvalue weighted by molar-refractivity contribution is 5.79. The normalized spacial score (nSPS) is 16.5. The van der Waals surface area contributed by atoms with Crippen LogP contribution in [0.2, 0.25) is 0 Å². The third kappa shape index (κ3) is 4.91. The molecule has 0 spiro atoms. The van der Waals surface area contributed by atoms with E-state index in [-0.39, 0.29) is 29.4 Å². The molecule has 4 aromatic rings. The Balaban J connectivity index is 1.50. The van der Waals surface area contributed by atoms with Crippen molar-refractivity contribution in [2.24, 2.45) is 0 Å². The molecule has 37 heavy (non-hydrogen) atoms. The predicted molar refractivity (Wildman–Crippen MR) is 144 cm³/mol. The smallest absolute Gasteiger partial charge is 0.323 e. The molecule has 1 aliphatic rings. The number of aromatic hydroxyl groups is 1. The second-order valence-electron chi connectivity index (χ2n) is 10.5. The van der Waals surface area contributed by atoms with Crippen LogP contribution in [0.5, 0.6) is 11.8 Å². The van der Waals surface area contributed by atoms with E-state index >= 15 is 0 Å².